The van der Waals surface area contributed by atoms with Crippen LogP contribution in [0, 0.1) is 5.92 Å². The summed E-state index contributed by atoms with van der Waals surface area (Å²) >= 11 is 0. The number of carbonyl (C=O) groups is 3. The predicted molar refractivity (Wildman–Crippen MR) is 228 cm³/mol. The molecule has 5 aromatic rings. The van der Waals surface area contributed by atoms with Crippen LogP contribution in [0.15, 0.2) is 60.8 Å². The van der Waals surface area contributed by atoms with Crippen molar-refractivity contribution in [3.8, 4) is 39.3 Å². The van der Waals surface area contributed by atoms with Gasteiger partial charge in [0, 0.05) is 31.2 Å². The Bertz CT molecular complexity index is 2350. The average Bonchev–Trinajstić information content (AvgIpc) is 4.11. The molecule has 3 amide bonds. The Morgan fingerprint density at radius 3 is 2.32 bits per heavy atom. The van der Waals surface area contributed by atoms with Crippen molar-refractivity contribution in [3.05, 3.63) is 78.0 Å². The maximum absolute atomic E-state index is 13.8. The van der Waals surface area contributed by atoms with Crippen molar-refractivity contribution in [3.63, 3.8) is 0 Å². The van der Waals surface area contributed by atoms with Crippen molar-refractivity contribution in [2.24, 2.45) is 5.92 Å². The van der Waals surface area contributed by atoms with E-state index in [9.17, 15) is 14.4 Å². The zero-order valence-corrected chi connectivity index (χ0v) is 34.6. The van der Waals surface area contributed by atoms with Gasteiger partial charge in [0.2, 0.25) is 11.8 Å². The normalized spacial score (nSPS) is 22.9. The summed E-state index contributed by atoms with van der Waals surface area (Å²) in [5, 5.41) is 2.66. The van der Waals surface area contributed by atoms with Crippen molar-refractivity contribution >= 4 is 28.9 Å². The van der Waals surface area contributed by atoms with Gasteiger partial charge in [0.05, 0.1) is 55.3 Å². The summed E-state index contributed by atoms with van der Waals surface area (Å²) < 4.78 is 17.2. The largest absolute Gasteiger partial charge is 0.493 e. The number of rotatable bonds is 3. The number of alkyl carbamates (subject to hydrolysis) is 1. The molecule has 6 heterocycles. The zero-order chi connectivity index (χ0) is 41.2. The number of aromatic amines is 2. The van der Waals surface area contributed by atoms with E-state index in [0.717, 1.165) is 133 Å². The van der Waals surface area contributed by atoms with E-state index in [1.165, 1.54) is 12.7 Å². The summed E-state index contributed by atoms with van der Waals surface area (Å²) in [6, 6.07) is 18.4. The number of aromatic nitrogens is 4. The molecule has 3 N–H and O–H groups in total. The van der Waals surface area contributed by atoms with Gasteiger partial charge in [-0.05, 0) is 110 Å². The topological polar surface area (TPSA) is 155 Å². The molecule has 4 aliphatic rings. The fourth-order valence-electron chi connectivity index (χ4n) is 9.51. The number of carbonyl (C=O) groups excluding carboxylic acids is 3. The molecule has 13 heteroatoms. The summed E-state index contributed by atoms with van der Waals surface area (Å²) in [6.45, 7) is 4.40. The van der Waals surface area contributed by atoms with Crippen molar-refractivity contribution in [2.45, 2.75) is 95.7 Å². The van der Waals surface area contributed by atoms with Crippen LogP contribution < -0.4 is 10.1 Å². The first-order chi connectivity index (χ1) is 29.3. The molecule has 2 saturated heterocycles. The van der Waals surface area contributed by atoms with Gasteiger partial charge < -0.3 is 39.3 Å². The van der Waals surface area contributed by atoms with Gasteiger partial charge in [-0.3, -0.25) is 9.59 Å². The number of imidazole rings is 2. The van der Waals surface area contributed by atoms with Crippen molar-refractivity contribution in [1.29, 1.82) is 0 Å². The van der Waals surface area contributed by atoms with Gasteiger partial charge in [-0.2, -0.15) is 0 Å². The van der Waals surface area contributed by atoms with Crippen LogP contribution in [0.2, 0.25) is 0 Å². The van der Waals surface area contributed by atoms with E-state index < -0.39 is 12.1 Å². The first-order valence-corrected chi connectivity index (χ1v) is 21.8. The van der Waals surface area contributed by atoms with Gasteiger partial charge in [-0.1, -0.05) is 50.1 Å². The number of fused-ring (bicyclic) bond motifs is 9. The second-order valence-corrected chi connectivity index (χ2v) is 16.8. The molecule has 3 aromatic carbocycles. The number of hydrogen-bond acceptors (Lipinski definition) is 8. The molecule has 9 rings (SSSR count). The second kappa shape index (κ2) is 17.5. The standard InChI is InChI=1S/C47H55N7O6/c1-29-10-4-3-5-11-33-24-34(25-36-42(33)52-44(49-36)40-13-9-20-53(40)45(29)55)31-16-14-30(15-17-31)32-18-19-35-37-27-48-43(50-37)39-12-8-21-54(39)46(56)38(51-47(57)58-2)28-59-22-6-7-23-60-41(35)26-32/h14-19,24-27,29,38-40H,3-13,20-23,28H2,1-2H3,(H,48,50)(H,49,52)(H,51,57)/t29-,38-,39-,40-/m0/s1. The Balaban J connectivity index is 0.988. The van der Waals surface area contributed by atoms with E-state index in [0.29, 0.717) is 25.6 Å². The molecule has 4 bridgehead atoms. The second-order valence-electron chi connectivity index (χ2n) is 16.8. The number of ether oxygens (including phenoxy) is 3. The minimum atomic E-state index is -0.861. The van der Waals surface area contributed by atoms with Crippen LogP contribution >= 0.6 is 0 Å². The molecule has 4 atom stereocenters. The average molecular weight is 814 g/mol. The van der Waals surface area contributed by atoms with Crippen LogP contribution in [0.3, 0.4) is 0 Å². The Labute approximate surface area is 350 Å². The van der Waals surface area contributed by atoms with Crippen LogP contribution in [0.4, 0.5) is 4.79 Å². The van der Waals surface area contributed by atoms with Gasteiger partial charge in [0.15, 0.2) is 0 Å². The molecule has 13 nitrogen and oxygen atoms in total. The third-order valence-electron chi connectivity index (χ3n) is 12.8. The smallest absolute Gasteiger partial charge is 0.407 e. The lowest BCUT2D eigenvalue weighted by Gasteiger charge is -2.28. The molecular formula is C47H55N7O6. The number of methoxy groups -OCH3 is 1. The summed E-state index contributed by atoms with van der Waals surface area (Å²) in [6.07, 6.45) is 11.2. The van der Waals surface area contributed by atoms with E-state index in [-0.39, 0.29) is 36.4 Å². The molecule has 0 radical (unpaired) electrons. The first-order valence-electron chi connectivity index (χ1n) is 21.8. The molecule has 0 unspecified atom stereocenters. The molecule has 60 heavy (non-hydrogen) atoms. The van der Waals surface area contributed by atoms with Gasteiger partial charge in [-0.15, -0.1) is 0 Å². The number of hydrogen-bond donors (Lipinski definition) is 3. The Morgan fingerprint density at radius 1 is 0.783 bits per heavy atom. The number of benzene rings is 3. The fraction of sp³-hybridized carbons (Fsp3) is 0.468. The lowest BCUT2D eigenvalue weighted by molar-refractivity contribution is -0.137. The number of H-pyrrole nitrogens is 2. The highest BCUT2D eigenvalue weighted by Crippen LogP contribution is 2.39. The molecule has 314 valence electrons. The Kier molecular flexibility index (Phi) is 11.6. The van der Waals surface area contributed by atoms with Crippen molar-refractivity contribution in [2.75, 3.05) is 40.0 Å². The highest BCUT2D eigenvalue weighted by atomic mass is 16.5. The Hall–Kier alpha value is -5.69. The summed E-state index contributed by atoms with van der Waals surface area (Å²) in [5.41, 5.74) is 9.41. The van der Waals surface area contributed by atoms with Crippen LogP contribution in [0.1, 0.15) is 100 Å². The van der Waals surface area contributed by atoms with E-state index in [2.05, 4.69) is 81.7 Å². The number of nitrogens with one attached hydrogen (secondary N) is 3. The lowest BCUT2D eigenvalue weighted by Crippen LogP contribution is -2.50. The predicted octanol–water partition coefficient (Wildman–Crippen LogP) is 8.28. The first kappa shape index (κ1) is 39.8. The summed E-state index contributed by atoms with van der Waals surface area (Å²) in [4.78, 5) is 60.3. The van der Waals surface area contributed by atoms with E-state index in [1.807, 2.05) is 6.20 Å². The third kappa shape index (κ3) is 8.11. The molecule has 4 aliphatic heterocycles. The number of amides is 3. The van der Waals surface area contributed by atoms with Crippen molar-refractivity contribution < 1.29 is 28.6 Å². The van der Waals surface area contributed by atoms with E-state index >= 15 is 0 Å². The minimum Gasteiger partial charge on any atom is -0.493 e. The SMILES string of the molecule is COC(=O)N[C@H]1COCCCCOc2cc(-c3ccc(-c4cc5c6nc([nH]c6c4)[C@@H]4CCCN4C(=O)[C@@H](C)CCCCC5)cc3)ccc2-c2cnc([nH]2)[C@@H]2CCCN2C1=O. The van der Waals surface area contributed by atoms with E-state index in [4.69, 9.17) is 24.2 Å². The maximum atomic E-state index is 13.8. The lowest BCUT2D eigenvalue weighted by atomic mass is 9.95. The van der Waals surface area contributed by atoms with Crippen LogP contribution in [-0.2, 0) is 25.5 Å². The Morgan fingerprint density at radius 2 is 1.52 bits per heavy atom. The summed E-state index contributed by atoms with van der Waals surface area (Å²) in [5.74, 6) is 2.45. The maximum Gasteiger partial charge on any atom is 0.407 e. The van der Waals surface area contributed by atoms with Gasteiger partial charge in [-0.25, -0.2) is 14.8 Å². The monoisotopic (exact) mass is 813 g/mol. The van der Waals surface area contributed by atoms with Gasteiger partial charge in [0.25, 0.3) is 0 Å². The molecule has 2 aromatic heterocycles. The fourth-order valence-corrected chi connectivity index (χ4v) is 9.51. The van der Waals surface area contributed by atoms with Gasteiger partial charge >= 0.3 is 6.09 Å². The molecule has 0 saturated carbocycles. The van der Waals surface area contributed by atoms with Crippen LogP contribution in [-0.4, -0.2) is 93.7 Å². The highest BCUT2D eigenvalue weighted by Gasteiger charge is 2.37. The van der Waals surface area contributed by atoms with Crippen LogP contribution in [0.25, 0.3) is 44.5 Å². The van der Waals surface area contributed by atoms with Crippen LogP contribution in [0.5, 0.6) is 5.75 Å². The van der Waals surface area contributed by atoms with Gasteiger partial charge in [0.1, 0.15) is 23.4 Å². The highest BCUT2D eigenvalue weighted by molar-refractivity contribution is 5.87. The molecule has 0 aliphatic carbocycles. The third-order valence-corrected chi connectivity index (χ3v) is 12.8. The number of aryl methyl sites for hydroxylation is 1. The summed E-state index contributed by atoms with van der Waals surface area (Å²) in [7, 11) is 1.28. The van der Waals surface area contributed by atoms with E-state index in [1.54, 1.807) is 4.90 Å². The van der Waals surface area contributed by atoms with Crippen molar-refractivity contribution in [1.82, 2.24) is 35.1 Å². The molecule has 0 spiro atoms. The molecule has 2 fully saturated rings. The number of nitrogens with zero attached hydrogens (tertiary/aromatic N) is 4. The minimum absolute atomic E-state index is 0.00266. The molecular weight excluding hydrogens is 759 g/mol. The zero-order valence-electron chi connectivity index (χ0n) is 34.6. The quantitative estimate of drug-likeness (QED) is 0.165.